The van der Waals surface area contributed by atoms with Gasteiger partial charge in [0, 0.05) is 13.1 Å². The molecule has 0 saturated heterocycles. The van der Waals surface area contributed by atoms with E-state index in [1.54, 1.807) is 0 Å². The number of nitrogens with zero attached hydrogens (tertiary/aromatic N) is 1. The fourth-order valence-electron chi connectivity index (χ4n) is 2.84. The van der Waals surface area contributed by atoms with E-state index in [9.17, 15) is 5.11 Å². The monoisotopic (exact) mass is 308 g/mol. The molecule has 2 unspecified atom stereocenters. The van der Waals surface area contributed by atoms with E-state index >= 15 is 0 Å². The Bertz CT molecular complexity index is 338. The third kappa shape index (κ3) is 8.72. The second-order valence-electron chi connectivity index (χ2n) is 6.73. The smallest absolute Gasteiger partial charge is 0.119 e. The van der Waals surface area contributed by atoms with E-state index in [0.717, 1.165) is 25.9 Å². The van der Waals surface area contributed by atoms with Crippen LogP contribution < -0.4 is 5.32 Å². The van der Waals surface area contributed by atoms with Crippen LogP contribution in [0.2, 0.25) is 0 Å². The van der Waals surface area contributed by atoms with E-state index in [4.69, 9.17) is 0 Å². The third-order valence-corrected chi connectivity index (χ3v) is 4.53. The highest BCUT2D eigenvalue weighted by Gasteiger charge is 2.12. The molecule has 0 amide bonds. The van der Waals surface area contributed by atoms with Gasteiger partial charge >= 0.3 is 0 Å². The summed E-state index contributed by atoms with van der Waals surface area (Å²) in [6, 6.07) is 0. The summed E-state index contributed by atoms with van der Waals surface area (Å²) in [4.78, 5) is 2.05. The van der Waals surface area contributed by atoms with E-state index in [-0.39, 0.29) is 6.23 Å². The lowest BCUT2D eigenvalue weighted by molar-refractivity contribution is 0.0215. The van der Waals surface area contributed by atoms with Crippen LogP contribution in [0.1, 0.15) is 58.8 Å². The van der Waals surface area contributed by atoms with Gasteiger partial charge in [0.05, 0.1) is 0 Å². The Kier molecular flexibility index (Phi) is 10.5. The molecule has 1 aliphatic carbocycles. The Morgan fingerprint density at radius 2 is 2.18 bits per heavy atom. The van der Waals surface area contributed by atoms with Gasteiger partial charge in [-0.2, -0.15) is 0 Å². The number of allylic oxidation sites excluding steroid dienone is 4. The SMILES string of the molecule is CCCCCN(C)C(O)CNCC1CC=CCC(C)=CCC1. The molecule has 1 aliphatic rings. The van der Waals surface area contributed by atoms with Gasteiger partial charge in [-0.1, -0.05) is 43.6 Å². The van der Waals surface area contributed by atoms with Crippen molar-refractivity contribution < 1.29 is 5.11 Å². The summed E-state index contributed by atoms with van der Waals surface area (Å²) in [5.74, 6) is 0.677. The van der Waals surface area contributed by atoms with E-state index in [2.05, 4.69) is 42.3 Å². The normalized spacial score (nSPS) is 21.1. The van der Waals surface area contributed by atoms with Crippen LogP contribution in [0.4, 0.5) is 0 Å². The van der Waals surface area contributed by atoms with Crippen molar-refractivity contribution in [1.29, 1.82) is 0 Å². The molecule has 0 aromatic carbocycles. The van der Waals surface area contributed by atoms with Crippen molar-refractivity contribution in [2.24, 2.45) is 5.92 Å². The van der Waals surface area contributed by atoms with Crippen LogP contribution in [0.3, 0.4) is 0 Å². The fraction of sp³-hybridized carbons (Fsp3) is 0.789. The molecule has 2 atom stereocenters. The summed E-state index contributed by atoms with van der Waals surface area (Å²) in [7, 11) is 2.01. The van der Waals surface area contributed by atoms with E-state index < -0.39 is 0 Å². The van der Waals surface area contributed by atoms with E-state index in [1.807, 2.05) is 7.05 Å². The summed E-state index contributed by atoms with van der Waals surface area (Å²) < 4.78 is 0. The van der Waals surface area contributed by atoms with Crippen LogP contribution in [0.5, 0.6) is 0 Å². The number of nitrogens with one attached hydrogen (secondary N) is 1. The maximum atomic E-state index is 10.2. The Morgan fingerprint density at radius 1 is 1.36 bits per heavy atom. The lowest BCUT2D eigenvalue weighted by Crippen LogP contribution is -2.41. The van der Waals surface area contributed by atoms with Crippen molar-refractivity contribution in [3.63, 3.8) is 0 Å². The van der Waals surface area contributed by atoms with Crippen LogP contribution in [0.15, 0.2) is 23.8 Å². The van der Waals surface area contributed by atoms with E-state index in [1.165, 1.54) is 37.7 Å². The van der Waals surface area contributed by atoms with Gasteiger partial charge in [-0.3, -0.25) is 4.90 Å². The standard InChI is InChI=1S/C19H36N2O/c1-4-5-8-14-21(3)19(22)16-20-15-18-12-7-6-10-17(2)11-9-13-18/h6-7,11,18-20,22H,4-5,8-10,12-16H2,1-3H3. The van der Waals surface area contributed by atoms with Gasteiger partial charge in [-0.05, 0) is 58.5 Å². The van der Waals surface area contributed by atoms with Crippen molar-refractivity contribution in [3.8, 4) is 0 Å². The molecule has 3 nitrogen and oxygen atoms in total. The van der Waals surface area contributed by atoms with E-state index in [0.29, 0.717) is 12.5 Å². The van der Waals surface area contributed by atoms with Crippen LogP contribution >= 0.6 is 0 Å². The zero-order valence-electron chi connectivity index (χ0n) is 14.9. The van der Waals surface area contributed by atoms with Crippen LogP contribution in [0.25, 0.3) is 0 Å². The molecule has 1 rings (SSSR count). The third-order valence-electron chi connectivity index (χ3n) is 4.53. The van der Waals surface area contributed by atoms with Gasteiger partial charge in [0.15, 0.2) is 0 Å². The minimum absolute atomic E-state index is 0.370. The van der Waals surface area contributed by atoms with Crippen molar-refractivity contribution in [3.05, 3.63) is 23.8 Å². The number of aliphatic hydroxyl groups excluding tert-OH is 1. The quantitative estimate of drug-likeness (QED) is 0.387. The van der Waals surface area contributed by atoms with Crippen molar-refractivity contribution in [2.75, 3.05) is 26.7 Å². The number of hydrogen-bond donors (Lipinski definition) is 2. The predicted molar refractivity (Wildman–Crippen MR) is 95.9 cm³/mol. The minimum Gasteiger partial charge on any atom is -0.377 e. The van der Waals surface area contributed by atoms with Gasteiger partial charge in [-0.15, -0.1) is 0 Å². The highest BCUT2D eigenvalue weighted by molar-refractivity contribution is 5.06. The topological polar surface area (TPSA) is 35.5 Å². The minimum atomic E-state index is -0.370. The summed E-state index contributed by atoms with van der Waals surface area (Å²) in [6.07, 6.45) is 14.9. The predicted octanol–water partition coefficient (Wildman–Crippen LogP) is 3.71. The summed E-state index contributed by atoms with van der Waals surface area (Å²) in [5.41, 5.74) is 1.48. The molecule has 22 heavy (non-hydrogen) atoms. The lowest BCUT2D eigenvalue weighted by atomic mass is 9.99. The van der Waals surface area contributed by atoms with Gasteiger partial charge < -0.3 is 10.4 Å². The number of aliphatic hydroxyl groups is 1. The van der Waals surface area contributed by atoms with Crippen LogP contribution in [-0.4, -0.2) is 42.9 Å². The van der Waals surface area contributed by atoms with Crippen LogP contribution in [-0.2, 0) is 0 Å². The highest BCUT2D eigenvalue weighted by Crippen LogP contribution is 2.16. The molecule has 0 radical (unpaired) electrons. The maximum Gasteiger partial charge on any atom is 0.119 e. The molecule has 0 heterocycles. The first-order valence-corrected chi connectivity index (χ1v) is 9.03. The second-order valence-corrected chi connectivity index (χ2v) is 6.73. The number of rotatable bonds is 9. The Labute approximate surface area is 137 Å². The summed E-state index contributed by atoms with van der Waals surface area (Å²) >= 11 is 0. The first kappa shape index (κ1) is 19.4. The number of hydrogen-bond acceptors (Lipinski definition) is 3. The molecule has 0 aromatic rings. The van der Waals surface area contributed by atoms with Crippen molar-refractivity contribution in [1.82, 2.24) is 10.2 Å². The molecule has 0 spiro atoms. The first-order chi connectivity index (χ1) is 10.6. The fourth-order valence-corrected chi connectivity index (χ4v) is 2.84. The molecule has 3 heteroatoms. The maximum absolute atomic E-state index is 10.2. The molecule has 0 bridgehead atoms. The average molecular weight is 309 g/mol. The lowest BCUT2D eigenvalue weighted by Gasteiger charge is -2.24. The molecule has 0 fully saturated rings. The molecule has 0 aromatic heterocycles. The number of likely N-dealkylation sites (N-methyl/N-ethyl adjacent to an activating group) is 1. The molecule has 128 valence electrons. The number of unbranched alkanes of at least 4 members (excludes halogenated alkanes) is 2. The molecule has 2 N–H and O–H groups in total. The van der Waals surface area contributed by atoms with Gasteiger partial charge in [0.1, 0.15) is 6.23 Å². The van der Waals surface area contributed by atoms with Gasteiger partial charge in [0.2, 0.25) is 0 Å². The zero-order chi connectivity index (χ0) is 16.2. The highest BCUT2D eigenvalue weighted by atomic mass is 16.3. The Hall–Kier alpha value is -0.640. The summed E-state index contributed by atoms with van der Waals surface area (Å²) in [5, 5.41) is 13.6. The Balaban J connectivity index is 2.21. The molecular formula is C19H36N2O. The van der Waals surface area contributed by atoms with Gasteiger partial charge in [-0.25, -0.2) is 0 Å². The molecule has 0 aliphatic heterocycles. The van der Waals surface area contributed by atoms with Crippen molar-refractivity contribution in [2.45, 2.75) is 65.0 Å². The van der Waals surface area contributed by atoms with Crippen molar-refractivity contribution >= 4 is 0 Å². The van der Waals surface area contributed by atoms with Gasteiger partial charge in [0.25, 0.3) is 0 Å². The summed E-state index contributed by atoms with van der Waals surface area (Å²) in [6.45, 7) is 7.07. The molecular weight excluding hydrogens is 272 g/mol. The largest absolute Gasteiger partial charge is 0.377 e. The Morgan fingerprint density at radius 3 is 2.95 bits per heavy atom. The average Bonchev–Trinajstić information content (AvgIpc) is 2.60. The van der Waals surface area contributed by atoms with Crippen LogP contribution in [0, 0.1) is 5.92 Å². The first-order valence-electron chi connectivity index (χ1n) is 9.03. The second kappa shape index (κ2) is 11.9. The molecule has 0 saturated carbocycles. The zero-order valence-corrected chi connectivity index (χ0v) is 14.9.